The molecule has 1 aromatic carbocycles. The normalized spacial score (nSPS) is 15.6. The number of benzene rings is 1. The second-order valence-corrected chi connectivity index (χ2v) is 4.59. The number of amides is 1. The van der Waals surface area contributed by atoms with Gasteiger partial charge in [0.2, 0.25) is 0 Å². The summed E-state index contributed by atoms with van der Waals surface area (Å²) in [6, 6.07) is 6.55. The monoisotopic (exact) mass is 346 g/mol. The summed E-state index contributed by atoms with van der Waals surface area (Å²) in [5.41, 5.74) is 1.09. The molecule has 0 aliphatic carbocycles. The minimum Gasteiger partial charge on any atom is -0.450 e. The Morgan fingerprint density at radius 3 is 2.35 bits per heavy atom. The van der Waals surface area contributed by atoms with Gasteiger partial charge in [-0.15, -0.1) is 17.0 Å². The second-order valence-electron chi connectivity index (χ2n) is 4.59. The molecule has 1 amide bonds. The molecule has 0 spiro atoms. The van der Waals surface area contributed by atoms with Gasteiger partial charge in [-0.2, -0.15) is 0 Å². The van der Waals surface area contributed by atoms with E-state index in [9.17, 15) is 9.18 Å². The molecule has 0 N–H and O–H groups in total. The van der Waals surface area contributed by atoms with Crippen LogP contribution in [0.15, 0.2) is 24.3 Å². The van der Waals surface area contributed by atoms with Crippen molar-refractivity contribution in [1.82, 2.24) is 9.80 Å². The molecule has 1 aliphatic rings. The molecule has 20 heavy (non-hydrogen) atoms. The highest BCUT2D eigenvalue weighted by Crippen LogP contribution is 2.10. The van der Waals surface area contributed by atoms with Gasteiger partial charge in [-0.1, -0.05) is 12.1 Å². The Hall–Kier alpha value is -1.14. The lowest BCUT2D eigenvalue weighted by Crippen LogP contribution is -2.48. The van der Waals surface area contributed by atoms with E-state index >= 15 is 0 Å². The molecule has 6 heteroatoms. The number of halogens is 2. The SMILES string of the molecule is Br.CCOC(=O)N1CCN(Cc2ccc(F)cc2)CC1. The van der Waals surface area contributed by atoms with Crippen LogP contribution in [0.5, 0.6) is 0 Å². The van der Waals surface area contributed by atoms with Crippen LogP contribution >= 0.6 is 17.0 Å². The van der Waals surface area contributed by atoms with Crippen LogP contribution < -0.4 is 0 Å². The Morgan fingerprint density at radius 1 is 1.20 bits per heavy atom. The van der Waals surface area contributed by atoms with E-state index in [4.69, 9.17) is 4.74 Å². The maximum absolute atomic E-state index is 12.8. The van der Waals surface area contributed by atoms with Crippen LogP contribution in [0.4, 0.5) is 9.18 Å². The van der Waals surface area contributed by atoms with E-state index in [1.54, 1.807) is 17.0 Å². The quantitative estimate of drug-likeness (QED) is 0.843. The third-order valence-corrected chi connectivity index (χ3v) is 3.22. The van der Waals surface area contributed by atoms with Gasteiger partial charge in [0.15, 0.2) is 0 Å². The van der Waals surface area contributed by atoms with Crippen molar-refractivity contribution >= 4 is 23.1 Å². The Balaban J connectivity index is 0.00000200. The zero-order valence-electron chi connectivity index (χ0n) is 11.5. The van der Waals surface area contributed by atoms with Crippen LogP contribution in [0.3, 0.4) is 0 Å². The number of piperazine rings is 1. The Labute approximate surface area is 129 Å². The van der Waals surface area contributed by atoms with E-state index < -0.39 is 0 Å². The number of nitrogens with zero attached hydrogens (tertiary/aromatic N) is 2. The third kappa shape index (κ3) is 4.76. The fourth-order valence-electron chi connectivity index (χ4n) is 2.15. The maximum Gasteiger partial charge on any atom is 0.409 e. The van der Waals surface area contributed by atoms with Crippen LogP contribution in [-0.2, 0) is 11.3 Å². The first-order chi connectivity index (χ1) is 9.19. The van der Waals surface area contributed by atoms with Gasteiger partial charge < -0.3 is 9.64 Å². The van der Waals surface area contributed by atoms with Crippen molar-refractivity contribution in [3.8, 4) is 0 Å². The molecule has 0 radical (unpaired) electrons. The average molecular weight is 347 g/mol. The lowest BCUT2D eigenvalue weighted by molar-refractivity contribution is 0.0778. The summed E-state index contributed by atoms with van der Waals surface area (Å²) >= 11 is 0. The van der Waals surface area contributed by atoms with Gasteiger partial charge in [-0.05, 0) is 24.6 Å². The first-order valence-corrected chi connectivity index (χ1v) is 6.57. The van der Waals surface area contributed by atoms with E-state index in [2.05, 4.69) is 4.90 Å². The molecule has 0 unspecified atom stereocenters. The van der Waals surface area contributed by atoms with Crippen LogP contribution in [0.2, 0.25) is 0 Å². The van der Waals surface area contributed by atoms with Gasteiger partial charge in [0.05, 0.1) is 6.61 Å². The van der Waals surface area contributed by atoms with Crippen molar-refractivity contribution in [1.29, 1.82) is 0 Å². The molecular weight excluding hydrogens is 327 g/mol. The van der Waals surface area contributed by atoms with Crippen molar-refractivity contribution in [2.45, 2.75) is 13.5 Å². The fraction of sp³-hybridized carbons (Fsp3) is 0.500. The first kappa shape index (κ1) is 16.9. The number of carbonyl (C=O) groups is 1. The number of ether oxygens (including phenoxy) is 1. The molecule has 2 rings (SSSR count). The molecule has 1 heterocycles. The van der Waals surface area contributed by atoms with Crippen molar-refractivity contribution in [2.75, 3.05) is 32.8 Å². The first-order valence-electron chi connectivity index (χ1n) is 6.57. The Bertz CT molecular complexity index is 420. The van der Waals surface area contributed by atoms with Gasteiger partial charge in [0.25, 0.3) is 0 Å². The van der Waals surface area contributed by atoms with Gasteiger partial charge in [-0.3, -0.25) is 4.90 Å². The van der Waals surface area contributed by atoms with Crippen molar-refractivity contribution in [3.63, 3.8) is 0 Å². The van der Waals surface area contributed by atoms with Gasteiger partial charge in [0, 0.05) is 32.7 Å². The van der Waals surface area contributed by atoms with E-state index in [1.165, 1.54) is 12.1 Å². The van der Waals surface area contributed by atoms with Crippen LogP contribution in [0, 0.1) is 5.82 Å². The molecule has 0 saturated carbocycles. The predicted octanol–water partition coefficient (Wildman–Crippen LogP) is 2.68. The van der Waals surface area contributed by atoms with E-state index in [1.807, 2.05) is 6.92 Å². The zero-order valence-corrected chi connectivity index (χ0v) is 13.3. The van der Waals surface area contributed by atoms with E-state index in [0.29, 0.717) is 19.7 Å². The zero-order chi connectivity index (χ0) is 13.7. The topological polar surface area (TPSA) is 32.8 Å². The average Bonchev–Trinajstić information content (AvgIpc) is 2.42. The smallest absolute Gasteiger partial charge is 0.409 e. The highest BCUT2D eigenvalue weighted by molar-refractivity contribution is 8.93. The molecule has 1 aliphatic heterocycles. The van der Waals surface area contributed by atoms with Gasteiger partial charge in [0.1, 0.15) is 5.82 Å². The Kier molecular flexibility index (Phi) is 6.95. The van der Waals surface area contributed by atoms with Gasteiger partial charge in [-0.25, -0.2) is 9.18 Å². The van der Waals surface area contributed by atoms with Crippen molar-refractivity contribution in [3.05, 3.63) is 35.6 Å². The fourth-order valence-corrected chi connectivity index (χ4v) is 2.15. The molecule has 1 saturated heterocycles. The lowest BCUT2D eigenvalue weighted by Gasteiger charge is -2.34. The molecule has 0 atom stereocenters. The summed E-state index contributed by atoms with van der Waals surface area (Å²) in [6.07, 6.45) is -0.232. The summed E-state index contributed by atoms with van der Waals surface area (Å²) in [5, 5.41) is 0. The second kappa shape index (κ2) is 8.21. The number of hydrogen-bond donors (Lipinski definition) is 0. The molecular formula is C14H20BrFN2O2. The highest BCUT2D eigenvalue weighted by atomic mass is 79.9. The molecule has 112 valence electrons. The molecule has 1 fully saturated rings. The lowest BCUT2D eigenvalue weighted by atomic mass is 10.2. The van der Waals surface area contributed by atoms with Crippen LogP contribution in [0.25, 0.3) is 0 Å². The summed E-state index contributed by atoms with van der Waals surface area (Å²) in [6.45, 7) is 6.00. The van der Waals surface area contributed by atoms with Crippen molar-refractivity contribution in [2.24, 2.45) is 0 Å². The van der Waals surface area contributed by atoms with Gasteiger partial charge >= 0.3 is 6.09 Å². The molecule has 1 aromatic rings. The highest BCUT2D eigenvalue weighted by Gasteiger charge is 2.21. The summed E-state index contributed by atoms with van der Waals surface area (Å²) in [4.78, 5) is 15.5. The third-order valence-electron chi connectivity index (χ3n) is 3.22. The number of carbonyl (C=O) groups excluding carboxylic acids is 1. The largest absolute Gasteiger partial charge is 0.450 e. The summed E-state index contributed by atoms with van der Waals surface area (Å²) < 4.78 is 17.8. The van der Waals surface area contributed by atoms with Crippen molar-refractivity contribution < 1.29 is 13.9 Å². The number of rotatable bonds is 3. The summed E-state index contributed by atoms with van der Waals surface area (Å²) in [7, 11) is 0. The Morgan fingerprint density at radius 2 is 1.80 bits per heavy atom. The minimum absolute atomic E-state index is 0. The van der Waals surface area contributed by atoms with E-state index in [-0.39, 0.29) is 28.9 Å². The maximum atomic E-state index is 12.8. The minimum atomic E-state index is -0.232. The molecule has 0 aromatic heterocycles. The predicted molar refractivity (Wildman–Crippen MR) is 80.6 cm³/mol. The van der Waals surface area contributed by atoms with Crippen LogP contribution in [-0.4, -0.2) is 48.7 Å². The molecule has 0 bridgehead atoms. The molecule has 4 nitrogen and oxygen atoms in total. The van der Waals surface area contributed by atoms with E-state index in [0.717, 1.165) is 25.2 Å². The van der Waals surface area contributed by atoms with Crippen LogP contribution in [0.1, 0.15) is 12.5 Å². The standard InChI is InChI=1S/C14H19FN2O2.BrH/c1-2-19-14(18)17-9-7-16(8-10-17)11-12-3-5-13(15)6-4-12;/h3-6H,2,7-11H2,1H3;1H. The number of hydrogen-bond acceptors (Lipinski definition) is 3. The summed E-state index contributed by atoms with van der Waals surface area (Å²) in [5.74, 6) is -0.212.